The lowest BCUT2D eigenvalue weighted by Crippen LogP contribution is -2.59. The number of fused-ring (bicyclic) bond motifs is 1. The number of aliphatic carboxylic acids is 3. The molecular formula is C46H62Cl2F9N5O10S+2. The van der Waals surface area contributed by atoms with Crippen LogP contribution in [0.25, 0.3) is 10.9 Å². The molecule has 1 saturated heterocycles. The number of unbranched alkanes of at least 4 members (excludes halogenated alkanes) is 2. The maximum absolute atomic E-state index is 14.2. The van der Waals surface area contributed by atoms with Crippen molar-refractivity contribution in [1.82, 2.24) is 14.6 Å². The van der Waals surface area contributed by atoms with E-state index in [0.29, 0.717) is 53.7 Å². The van der Waals surface area contributed by atoms with Crippen LogP contribution in [0.1, 0.15) is 74.6 Å². The molecule has 2 fully saturated rings. The molecule has 0 bridgehead atoms. The van der Waals surface area contributed by atoms with Gasteiger partial charge in [-0.15, -0.1) is 0 Å². The molecule has 0 atom stereocenters. The Hall–Kier alpha value is -4.69. The minimum Gasteiger partial charge on any atom is -0.487 e. The van der Waals surface area contributed by atoms with E-state index in [4.69, 9.17) is 57.6 Å². The number of quaternary nitrogens is 2. The van der Waals surface area contributed by atoms with Gasteiger partial charge in [0.2, 0.25) is 15.9 Å². The van der Waals surface area contributed by atoms with Gasteiger partial charge < -0.3 is 33.9 Å². The molecule has 1 amide bonds. The number of rotatable bonds is 15. The van der Waals surface area contributed by atoms with Gasteiger partial charge in [0, 0.05) is 40.7 Å². The highest BCUT2D eigenvalue weighted by atomic mass is 35.5. The number of carbonyl (C=O) groups is 4. The molecule has 2 aromatic carbocycles. The first-order valence-corrected chi connectivity index (χ1v) is 24.8. The van der Waals surface area contributed by atoms with Crippen molar-refractivity contribution in [2.75, 3.05) is 68.0 Å². The Morgan fingerprint density at radius 3 is 1.77 bits per heavy atom. The van der Waals surface area contributed by atoms with Crippen molar-refractivity contribution in [3.8, 4) is 5.75 Å². The normalized spacial score (nSPS) is 15.5. The molecule has 1 saturated carbocycles. The van der Waals surface area contributed by atoms with E-state index in [1.54, 1.807) is 0 Å². The topological polar surface area (TPSA) is 200 Å². The molecule has 0 radical (unpaired) electrons. The molecule has 1 aliphatic carbocycles. The Labute approximate surface area is 427 Å². The number of piperidine rings is 1. The second-order valence-corrected chi connectivity index (χ2v) is 21.8. The molecule has 3 aromatic rings. The number of carboxylic acids is 3. The third kappa shape index (κ3) is 20.9. The summed E-state index contributed by atoms with van der Waals surface area (Å²) in [4.78, 5) is 47.4. The molecule has 27 heteroatoms. The van der Waals surface area contributed by atoms with Gasteiger partial charge in [0.25, 0.3) is 0 Å². The first-order valence-electron chi connectivity index (χ1n) is 22.6. The van der Waals surface area contributed by atoms with Gasteiger partial charge in [-0.2, -0.15) is 44.2 Å². The molecule has 0 unspecified atom stereocenters. The summed E-state index contributed by atoms with van der Waals surface area (Å²) >= 11 is 13.4. The smallest absolute Gasteiger partial charge is 0.487 e. The molecule has 2 heterocycles. The lowest BCUT2D eigenvalue weighted by atomic mass is 9.91. The standard InChI is InChI=1S/C40H59Cl2N5O4S.3C2HF3O2/c1-29-26-30(2)43-38-32(29)14-13-15-35(38)51-28-33-34(41)16-17-36(37(33)42)52(49,50)44-40(20-9-10-21-40)39(48)45-22-18-31(19-23-45)27-47(6,7)25-12-8-11-24-46(3,4)5;3*3-2(4,5)1(6)7/h13-17,26,31,44H,8-12,18-25,27-28H2,1-7H3;3*(H,6,7)/q+2;;;. The van der Waals surface area contributed by atoms with Gasteiger partial charge in [0.1, 0.15) is 28.3 Å². The van der Waals surface area contributed by atoms with Gasteiger partial charge in [-0.3, -0.25) is 4.79 Å². The molecule has 15 nitrogen and oxygen atoms in total. The van der Waals surface area contributed by atoms with E-state index in [9.17, 15) is 52.7 Å². The highest BCUT2D eigenvalue weighted by molar-refractivity contribution is 7.89. The summed E-state index contributed by atoms with van der Waals surface area (Å²) in [6, 6.07) is 10.7. The number of nitrogens with one attached hydrogen (secondary N) is 1. The number of carboxylic acid groups (broad SMARTS) is 3. The summed E-state index contributed by atoms with van der Waals surface area (Å²) in [6.45, 7) is 8.63. The van der Waals surface area contributed by atoms with Crippen LogP contribution in [-0.2, 0) is 35.8 Å². The molecule has 1 aromatic heterocycles. The van der Waals surface area contributed by atoms with E-state index in [0.717, 1.165) is 64.4 Å². The van der Waals surface area contributed by atoms with E-state index in [1.165, 1.54) is 37.9 Å². The largest absolute Gasteiger partial charge is 0.490 e. The third-order valence-electron chi connectivity index (χ3n) is 11.6. The molecule has 0 spiro atoms. The number of nitrogens with zero attached hydrogens (tertiary/aromatic N) is 4. The van der Waals surface area contributed by atoms with Crippen molar-refractivity contribution in [1.29, 1.82) is 0 Å². The number of para-hydroxylation sites is 1. The quantitative estimate of drug-likeness (QED) is 0.0642. The van der Waals surface area contributed by atoms with E-state index in [1.807, 2.05) is 43.0 Å². The Morgan fingerprint density at radius 1 is 0.795 bits per heavy atom. The van der Waals surface area contributed by atoms with Gasteiger partial charge in [0.15, 0.2) is 0 Å². The van der Waals surface area contributed by atoms with Crippen LogP contribution in [0.15, 0.2) is 41.3 Å². The van der Waals surface area contributed by atoms with Crippen molar-refractivity contribution in [3.05, 3.63) is 63.3 Å². The SMILES string of the molecule is Cc1cc(C)c2cccc(OCc3c(Cl)ccc(S(=O)(=O)NC4(C(=O)N5CCC(C[N+](C)(C)CCCCC[N+](C)(C)C)CC5)CCCC4)c3Cl)c2n1.O=C(O)C(F)(F)F.O=C(O)C(F)(F)F.O=C(O)C(F)(F)F. The first-order chi connectivity index (χ1) is 33.2. The summed E-state index contributed by atoms with van der Waals surface area (Å²) < 4.78 is 134. The zero-order valence-electron chi connectivity index (χ0n) is 41.2. The molecule has 1 aliphatic heterocycles. The average molecular weight is 1120 g/mol. The fourth-order valence-corrected chi connectivity index (χ4v) is 10.4. The van der Waals surface area contributed by atoms with Crippen LogP contribution in [0.4, 0.5) is 39.5 Å². The molecule has 4 N–H and O–H groups in total. The maximum atomic E-state index is 14.2. The number of sulfonamides is 1. The number of benzene rings is 2. The molecular weight excluding hydrogens is 1060 g/mol. The van der Waals surface area contributed by atoms with Crippen LogP contribution in [-0.4, -0.2) is 158 Å². The average Bonchev–Trinajstić information content (AvgIpc) is 3.71. The van der Waals surface area contributed by atoms with Gasteiger partial charge in [-0.05, 0) is 88.6 Å². The Balaban J connectivity index is 0.000000725. The predicted molar refractivity (Wildman–Crippen MR) is 253 cm³/mol. The number of likely N-dealkylation sites (tertiary alicyclic amines) is 1. The Kier molecular flexibility index (Phi) is 23.1. The van der Waals surface area contributed by atoms with Crippen molar-refractivity contribution >= 4 is 67.9 Å². The van der Waals surface area contributed by atoms with Gasteiger partial charge >= 0.3 is 36.4 Å². The number of halogens is 11. The monoisotopic (exact) mass is 1120 g/mol. The summed E-state index contributed by atoms with van der Waals surface area (Å²) in [7, 11) is 7.18. The van der Waals surface area contributed by atoms with E-state index < -0.39 is 52.0 Å². The third-order valence-corrected chi connectivity index (χ3v) is 14.1. The van der Waals surface area contributed by atoms with Crippen LogP contribution in [0.3, 0.4) is 0 Å². The molecule has 5 rings (SSSR count). The highest BCUT2D eigenvalue weighted by Crippen LogP contribution is 2.38. The van der Waals surface area contributed by atoms with Gasteiger partial charge in [-0.1, -0.05) is 48.2 Å². The number of aromatic nitrogens is 1. The molecule has 2 aliphatic rings. The zero-order chi connectivity index (χ0) is 56.1. The van der Waals surface area contributed by atoms with Crippen molar-refractivity contribution in [2.45, 2.75) is 107 Å². The van der Waals surface area contributed by atoms with Gasteiger partial charge in [-0.25, -0.2) is 27.8 Å². The summed E-state index contributed by atoms with van der Waals surface area (Å²) in [5.74, 6) is -7.31. The number of hydrogen-bond donors (Lipinski definition) is 4. The lowest BCUT2D eigenvalue weighted by molar-refractivity contribution is -0.894. The Morgan fingerprint density at radius 2 is 1.29 bits per heavy atom. The second-order valence-electron chi connectivity index (χ2n) is 19.3. The highest BCUT2D eigenvalue weighted by Gasteiger charge is 2.48. The second kappa shape index (κ2) is 26.2. The molecule has 73 heavy (non-hydrogen) atoms. The lowest BCUT2D eigenvalue weighted by Gasteiger charge is -2.41. The first kappa shape index (κ1) is 64.4. The zero-order valence-corrected chi connectivity index (χ0v) is 43.5. The summed E-state index contributed by atoms with van der Waals surface area (Å²) in [5.41, 5.74) is 1.82. The number of ether oxygens (including phenoxy) is 1. The predicted octanol–water partition coefficient (Wildman–Crippen LogP) is 9.42. The number of hydrogen-bond acceptors (Lipinski definition) is 8. The number of pyridine rings is 1. The maximum Gasteiger partial charge on any atom is 0.490 e. The fourth-order valence-electron chi connectivity index (χ4n) is 8.10. The van der Waals surface area contributed by atoms with Crippen LogP contribution in [0, 0.1) is 19.8 Å². The Bertz CT molecular complexity index is 2440. The fraction of sp³-hybridized carbons (Fsp3) is 0.587. The number of amides is 1. The number of aryl methyl sites for hydroxylation is 2. The van der Waals surface area contributed by atoms with Crippen LogP contribution in [0.2, 0.25) is 10.0 Å². The summed E-state index contributed by atoms with van der Waals surface area (Å²) in [5, 5.41) is 22.6. The van der Waals surface area contributed by atoms with Crippen LogP contribution in [0.5, 0.6) is 5.75 Å². The van der Waals surface area contributed by atoms with Crippen LogP contribution < -0.4 is 9.46 Å². The van der Waals surface area contributed by atoms with Crippen molar-refractivity contribution in [2.24, 2.45) is 5.92 Å². The summed E-state index contributed by atoms with van der Waals surface area (Å²) in [6.07, 6.45) is -7.22. The van der Waals surface area contributed by atoms with E-state index in [2.05, 4.69) is 44.9 Å². The van der Waals surface area contributed by atoms with Crippen LogP contribution >= 0.6 is 23.2 Å². The molecule has 412 valence electrons. The van der Waals surface area contributed by atoms with E-state index >= 15 is 0 Å². The van der Waals surface area contributed by atoms with Crippen molar-refractivity contribution in [3.63, 3.8) is 0 Å². The minimum atomic E-state index is -5.08. The number of carbonyl (C=O) groups excluding carboxylic acids is 1. The van der Waals surface area contributed by atoms with E-state index in [-0.39, 0.29) is 22.4 Å². The minimum absolute atomic E-state index is 0.0175. The van der Waals surface area contributed by atoms with Gasteiger partial charge in [0.05, 0.1) is 59.9 Å². The van der Waals surface area contributed by atoms with Crippen molar-refractivity contribution < 1.29 is 96.1 Å². The number of alkyl halides is 9.